The fraction of sp³-hybridized carbons (Fsp3) is 0.333. The number of aromatic nitrogens is 5. The van der Waals surface area contributed by atoms with E-state index in [1.807, 2.05) is 24.3 Å². The van der Waals surface area contributed by atoms with Crippen LogP contribution < -0.4 is 0 Å². The van der Waals surface area contributed by atoms with E-state index in [4.69, 9.17) is 9.26 Å². The van der Waals surface area contributed by atoms with Crippen molar-refractivity contribution in [2.75, 3.05) is 13.2 Å². The molecule has 1 aromatic carbocycles. The van der Waals surface area contributed by atoms with E-state index < -0.39 is 0 Å². The molecule has 4 rings (SSSR count). The van der Waals surface area contributed by atoms with Gasteiger partial charge in [0.1, 0.15) is 12.7 Å². The molecule has 2 aromatic heterocycles. The first-order valence-corrected chi connectivity index (χ1v) is 7.21. The second kappa shape index (κ2) is 5.69. The Hall–Kier alpha value is -2.54. The van der Waals surface area contributed by atoms with Gasteiger partial charge in [0.2, 0.25) is 11.7 Å². The Morgan fingerprint density at radius 3 is 2.86 bits per heavy atom. The summed E-state index contributed by atoms with van der Waals surface area (Å²) >= 11 is 0. The van der Waals surface area contributed by atoms with E-state index in [0.29, 0.717) is 24.9 Å². The quantitative estimate of drug-likeness (QED) is 0.731. The van der Waals surface area contributed by atoms with Crippen LogP contribution in [0.4, 0.5) is 0 Å². The van der Waals surface area contributed by atoms with Crippen LogP contribution in [0.25, 0.3) is 11.4 Å². The highest BCUT2D eigenvalue weighted by Crippen LogP contribution is 2.26. The van der Waals surface area contributed by atoms with Crippen molar-refractivity contribution >= 4 is 0 Å². The first-order chi connectivity index (χ1) is 10.9. The van der Waals surface area contributed by atoms with Gasteiger partial charge >= 0.3 is 0 Å². The van der Waals surface area contributed by atoms with Crippen molar-refractivity contribution in [1.82, 2.24) is 24.9 Å². The molecule has 1 fully saturated rings. The Kier molecular flexibility index (Phi) is 3.40. The van der Waals surface area contributed by atoms with Crippen molar-refractivity contribution in [2.24, 2.45) is 0 Å². The van der Waals surface area contributed by atoms with Crippen LogP contribution in [0.2, 0.25) is 0 Å². The standard InChI is InChI=1S/C15H15N5O2/c1-3-12(4-2-11(1)7-20-10-16-9-17-20)14-18-15(22-19-14)13-5-6-21-8-13/h1-4,9-10,13H,5-8H2/t13-/m1/s1. The normalized spacial score (nSPS) is 17.9. The fourth-order valence-electron chi connectivity index (χ4n) is 2.51. The van der Waals surface area contributed by atoms with Crippen molar-refractivity contribution < 1.29 is 9.26 Å². The van der Waals surface area contributed by atoms with E-state index in [2.05, 4.69) is 20.2 Å². The number of benzene rings is 1. The van der Waals surface area contributed by atoms with Gasteiger partial charge in [-0.2, -0.15) is 10.1 Å². The molecule has 3 aromatic rings. The molecule has 1 atom stereocenters. The number of rotatable bonds is 4. The minimum atomic E-state index is 0.229. The Bertz CT molecular complexity index is 730. The second-order valence-electron chi connectivity index (χ2n) is 5.31. The Labute approximate surface area is 126 Å². The van der Waals surface area contributed by atoms with E-state index in [1.54, 1.807) is 11.0 Å². The van der Waals surface area contributed by atoms with Gasteiger partial charge in [0.05, 0.1) is 19.1 Å². The zero-order valence-electron chi connectivity index (χ0n) is 11.9. The summed E-state index contributed by atoms with van der Waals surface area (Å²) in [6.07, 6.45) is 4.17. The number of nitrogens with zero attached hydrogens (tertiary/aromatic N) is 5. The van der Waals surface area contributed by atoms with Gasteiger partial charge in [0.15, 0.2) is 0 Å². The predicted molar refractivity (Wildman–Crippen MR) is 77.0 cm³/mol. The predicted octanol–water partition coefficient (Wildman–Crippen LogP) is 1.88. The zero-order valence-corrected chi connectivity index (χ0v) is 11.9. The minimum Gasteiger partial charge on any atom is -0.381 e. The molecule has 0 bridgehead atoms. The Morgan fingerprint density at radius 2 is 2.14 bits per heavy atom. The molecule has 0 aliphatic carbocycles. The summed E-state index contributed by atoms with van der Waals surface area (Å²) in [5.41, 5.74) is 2.08. The maximum absolute atomic E-state index is 5.35. The first-order valence-electron chi connectivity index (χ1n) is 7.21. The summed E-state index contributed by atoms with van der Waals surface area (Å²) in [6.45, 7) is 2.12. The van der Waals surface area contributed by atoms with Gasteiger partial charge in [0.25, 0.3) is 0 Å². The van der Waals surface area contributed by atoms with Gasteiger partial charge in [0, 0.05) is 12.2 Å². The van der Waals surface area contributed by atoms with Gasteiger partial charge in [-0.25, -0.2) is 9.67 Å². The third-order valence-electron chi connectivity index (χ3n) is 3.74. The highest BCUT2D eigenvalue weighted by Gasteiger charge is 2.24. The van der Waals surface area contributed by atoms with Gasteiger partial charge in [-0.1, -0.05) is 29.4 Å². The van der Waals surface area contributed by atoms with Gasteiger partial charge in [-0.05, 0) is 12.0 Å². The van der Waals surface area contributed by atoms with Crippen LogP contribution in [0.1, 0.15) is 23.8 Å². The van der Waals surface area contributed by atoms with E-state index >= 15 is 0 Å². The van der Waals surface area contributed by atoms with Gasteiger partial charge in [-0.3, -0.25) is 0 Å². The van der Waals surface area contributed by atoms with Gasteiger partial charge in [-0.15, -0.1) is 0 Å². The molecule has 22 heavy (non-hydrogen) atoms. The molecule has 7 heteroatoms. The minimum absolute atomic E-state index is 0.229. The monoisotopic (exact) mass is 297 g/mol. The molecule has 1 aliphatic heterocycles. The SMILES string of the molecule is c1ncn(Cc2ccc(-c3noc([C@@H]4CCOC4)n3)cc2)n1. The summed E-state index contributed by atoms with van der Waals surface area (Å²) in [5.74, 6) is 1.52. The highest BCUT2D eigenvalue weighted by molar-refractivity contribution is 5.54. The summed E-state index contributed by atoms with van der Waals surface area (Å²) in [4.78, 5) is 8.42. The molecule has 0 N–H and O–H groups in total. The van der Waals surface area contributed by atoms with Crippen LogP contribution in [0.15, 0.2) is 41.4 Å². The van der Waals surface area contributed by atoms with Crippen LogP contribution in [0, 0.1) is 0 Å². The second-order valence-corrected chi connectivity index (χ2v) is 5.31. The molecule has 3 heterocycles. The van der Waals surface area contributed by atoms with Crippen LogP contribution >= 0.6 is 0 Å². The molecule has 0 saturated carbocycles. The highest BCUT2D eigenvalue weighted by atomic mass is 16.5. The lowest BCUT2D eigenvalue weighted by atomic mass is 10.1. The van der Waals surface area contributed by atoms with Crippen molar-refractivity contribution in [3.8, 4) is 11.4 Å². The van der Waals surface area contributed by atoms with Crippen molar-refractivity contribution in [1.29, 1.82) is 0 Å². The lowest BCUT2D eigenvalue weighted by molar-refractivity contribution is 0.189. The average Bonchev–Trinajstić information content (AvgIpc) is 3.30. The zero-order chi connectivity index (χ0) is 14.8. The molecule has 7 nitrogen and oxygen atoms in total. The molecule has 0 spiro atoms. The molecule has 0 amide bonds. The van der Waals surface area contributed by atoms with E-state index in [-0.39, 0.29) is 5.92 Å². The molecule has 112 valence electrons. The molecular formula is C15H15N5O2. The third kappa shape index (κ3) is 2.62. The van der Waals surface area contributed by atoms with Crippen LogP contribution in [0.5, 0.6) is 0 Å². The topological polar surface area (TPSA) is 78.9 Å². The van der Waals surface area contributed by atoms with Crippen LogP contribution in [0.3, 0.4) is 0 Å². The maximum atomic E-state index is 5.35. The van der Waals surface area contributed by atoms with Crippen molar-refractivity contribution in [2.45, 2.75) is 18.9 Å². The number of hydrogen-bond donors (Lipinski definition) is 0. The Balaban J connectivity index is 1.50. The van der Waals surface area contributed by atoms with E-state index in [1.165, 1.54) is 6.33 Å². The molecule has 1 aliphatic rings. The summed E-state index contributed by atoms with van der Waals surface area (Å²) in [5, 5.41) is 8.16. The number of hydrogen-bond acceptors (Lipinski definition) is 6. The van der Waals surface area contributed by atoms with Crippen LogP contribution in [-0.4, -0.2) is 38.1 Å². The third-order valence-corrected chi connectivity index (χ3v) is 3.74. The van der Waals surface area contributed by atoms with Crippen molar-refractivity contribution in [3.63, 3.8) is 0 Å². The average molecular weight is 297 g/mol. The lowest BCUT2D eigenvalue weighted by Crippen LogP contribution is -1.99. The Morgan fingerprint density at radius 1 is 1.23 bits per heavy atom. The fourth-order valence-corrected chi connectivity index (χ4v) is 2.51. The molecular weight excluding hydrogens is 282 g/mol. The maximum Gasteiger partial charge on any atom is 0.232 e. The summed E-state index contributed by atoms with van der Waals surface area (Å²) in [7, 11) is 0. The van der Waals surface area contributed by atoms with Gasteiger partial charge < -0.3 is 9.26 Å². The molecule has 1 saturated heterocycles. The van der Waals surface area contributed by atoms with Crippen LogP contribution in [-0.2, 0) is 11.3 Å². The van der Waals surface area contributed by atoms with Crippen molar-refractivity contribution in [3.05, 3.63) is 48.4 Å². The number of ether oxygens (including phenoxy) is 1. The molecule has 0 unspecified atom stereocenters. The first kappa shape index (κ1) is 13.1. The lowest BCUT2D eigenvalue weighted by Gasteiger charge is -2.02. The van der Waals surface area contributed by atoms with E-state index in [0.717, 1.165) is 24.2 Å². The largest absolute Gasteiger partial charge is 0.381 e. The molecule has 0 radical (unpaired) electrons. The smallest absolute Gasteiger partial charge is 0.232 e. The van der Waals surface area contributed by atoms with E-state index in [9.17, 15) is 0 Å². The summed E-state index contributed by atoms with van der Waals surface area (Å²) in [6, 6.07) is 8.05. The summed E-state index contributed by atoms with van der Waals surface area (Å²) < 4.78 is 12.5.